The molecule has 0 aliphatic heterocycles. The van der Waals surface area contributed by atoms with E-state index in [-0.39, 0.29) is 26.1 Å². The second-order valence-corrected chi connectivity index (χ2v) is 8.29. The standard InChI is InChI=1S/C17H16NO.C6H7N.C6H5.C5H6N.Ir/c1-2-6-12(7-3-1)16-17-14(10-11-18-16)13-8-4-5-9-15(13)19-17;1-6-3-2-4-7-5-6;1-2-4-6-5-3-1;1-2-3-4-5-6;/h4,8-12H,1-3,6-7H2;2-5H,1H3;1-5H;2-5H,1H2;/q-1;;2*-1;+3/b;;;4-3-;/i;1D3,2D,3D,5D;;;. The molecule has 0 unspecified atom stereocenters. The van der Waals surface area contributed by atoms with Crippen LogP contribution < -0.4 is 0 Å². The molecular formula is C34H34IrN3O. The van der Waals surface area contributed by atoms with Crippen LogP contribution in [0, 0.1) is 19.0 Å². The zero-order chi connectivity index (χ0) is 32.0. The first-order valence-corrected chi connectivity index (χ1v) is 12.5. The summed E-state index contributed by atoms with van der Waals surface area (Å²) in [6.07, 6.45) is 14.6. The van der Waals surface area contributed by atoms with E-state index in [9.17, 15) is 0 Å². The van der Waals surface area contributed by atoms with E-state index in [1.165, 1.54) is 49.0 Å². The molecule has 3 aromatic heterocycles. The van der Waals surface area contributed by atoms with Crippen molar-refractivity contribution in [3.63, 3.8) is 0 Å². The fraction of sp³-hybridized carbons (Fsp3) is 0.206. The van der Waals surface area contributed by atoms with Gasteiger partial charge in [0, 0.05) is 39.6 Å². The SMILES string of the molecule is C=C/C=C\C=[N-].[2H]c1cnc([2H])c(C([2H])([2H])[2H])c1[2H].[Ir+3].[c-]1ccc2c(c1)oc1c(C3CCCCC3)nccc12.[c-]1ccccc1. The van der Waals surface area contributed by atoms with Gasteiger partial charge in [0.05, 0.1) is 9.81 Å². The molecule has 1 saturated carbocycles. The quantitative estimate of drug-likeness (QED) is 0.107. The summed E-state index contributed by atoms with van der Waals surface area (Å²) < 4.78 is 48.7. The van der Waals surface area contributed by atoms with E-state index < -0.39 is 24.6 Å². The normalized spacial score (nSPS) is 15.1. The van der Waals surface area contributed by atoms with Crippen molar-refractivity contribution >= 4 is 28.2 Å². The van der Waals surface area contributed by atoms with E-state index in [0.29, 0.717) is 5.92 Å². The number of pyridine rings is 2. The molecule has 1 fully saturated rings. The summed E-state index contributed by atoms with van der Waals surface area (Å²) in [5.74, 6) is 0.571. The Hall–Kier alpha value is -3.66. The van der Waals surface area contributed by atoms with Crippen LogP contribution in [0.3, 0.4) is 0 Å². The molecule has 5 aromatic rings. The Kier molecular flexibility index (Phi) is 11.1. The van der Waals surface area contributed by atoms with Gasteiger partial charge in [-0.05, 0) is 37.4 Å². The number of rotatable bonds is 3. The van der Waals surface area contributed by atoms with Gasteiger partial charge in [0.15, 0.2) is 0 Å². The minimum atomic E-state index is -2.54. The molecule has 0 saturated heterocycles. The van der Waals surface area contributed by atoms with Crippen LogP contribution in [0.5, 0.6) is 0 Å². The maximum atomic E-state index is 7.94. The Bertz CT molecular complexity index is 1630. The molecule has 2 aromatic carbocycles. The maximum absolute atomic E-state index is 7.94. The van der Waals surface area contributed by atoms with Gasteiger partial charge in [-0.3, -0.25) is 9.97 Å². The van der Waals surface area contributed by atoms with Crippen molar-refractivity contribution < 1.29 is 32.7 Å². The molecule has 4 nitrogen and oxygen atoms in total. The van der Waals surface area contributed by atoms with Gasteiger partial charge in [-0.15, -0.1) is 6.07 Å². The fourth-order valence-corrected chi connectivity index (χ4v) is 4.01. The Morgan fingerprint density at radius 1 is 1.05 bits per heavy atom. The fourth-order valence-electron chi connectivity index (χ4n) is 4.01. The van der Waals surface area contributed by atoms with Crippen molar-refractivity contribution in [2.75, 3.05) is 0 Å². The molecule has 200 valence electrons. The van der Waals surface area contributed by atoms with Crippen molar-refractivity contribution in [1.29, 1.82) is 0 Å². The molecule has 1 aliphatic carbocycles. The van der Waals surface area contributed by atoms with Crippen LogP contribution in [0.15, 0.2) is 114 Å². The van der Waals surface area contributed by atoms with Gasteiger partial charge < -0.3 is 9.83 Å². The first-order chi connectivity index (χ1) is 21.2. The first kappa shape index (κ1) is 23.2. The molecular weight excluding hydrogens is 659 g/mol. The first-order valence-electron chi connectivity index (χ1n) is 15.5. The number of fused-ring (bicyclic) bond motifs is 3. The van der Waals surface area contributed by atoms with Crippen molar-refractivity contribution in [3.05, 3.63) is 139 Å². The minimum absolute atomic E-state index is 0. The summed E-state index contributed by atoms with van der Waals surface area (Å²) in [5, 5.41) is 10.3. The number of hydrogen-bond donors (Lipinski definition) is 0. The van der Waals surface area contributed by atoms with E-state index >= 15 is 0 Å². The van der Waals surface area contributed by atoms with Crippen LogP contribution in [0.25, 0.3) is 27.3 Å². The Labute approximate surface area is 254 Å². The van der Waals surface area contributed by atoms with E-state index in [2.05, 4.69) is 40.8 Å². The van der Waals surface area contributed by atoms with Crippen LogP contribution in [0.1, 0.15) is 57.5 Å². The largest absolute Gasteiger partial charge is 3.00 e. The molecule has 0 N–H and O–H groups in total. The smallest absolute Gasteiger partial charge is 0.811 e. The Morgan fingerprint density at radius 2 is 1.87 bits per heavy atom. The van der Waals surface area contributed by atoms with Gasteiger partial charge in [-0.25, -0.2) is 0 Å². The molecule has 0 radical (unpaired) electrons. The maximum Gasteiger partial charge on any atom is 3.00 e. The van der Waals surface area contributed by atoms with Gasteiger partial charge in [0.25, 0.3) is 0 Å². The van der Waals surface area contributed by atoms with Crippen molar-refractivity contribution in [2.24, 2.45) is 0 Å². The van der Waals surface area contributed by atoms with Gasteiger partial charge in [0.2, 0.25) is 0 Å². The average Bonchev–Trinajstić information content (AvgIpc) is 3.43. The van der Waals surface area contributed by atoms with E-state index in [1.54, 1.807) is 12.2 Å². The van der Waals surface area contributed by atoms with Crippen molar-refractivity contribution in [2.45, 2.75) is 44.9 Å². The molecule has 0 atom stereocenters. The van der Waals surface area contributed by atoms with E-state index in [0.717, 1.165) is 29.3 Å². The van der Waals surface area contributed by atoms with Crippen molar-refractivity contribution in [1.82, 2.24) is 9.97 Å². The third-order valence-electron chi connectivity index (χ3n) is 5.70. The molecule has 5 heteroatoms. The number of benzene rings is 2. The summed E-state index contributed by atoms with van der Waals surface area (Å²) in [6, 6.07) is 22.9. The van der Waals surface area contributed by atoms with Gasteiger partial charge in [-0.2, -0.15) is 60.8 Å². The number of hydrogen-bond acceptors (Lipinski definition) is 3. The monoisotopic (exact) mass is 699 g/mol. The summed E-state index contributed by atoms with van der Waals surface area (Å²) in [7, 11) is 0. The molecule has 0 bridgehead atoms. The minimum Gasteiger partial charge on any atom is -0.811 e. The zero-order valence-corrected chi connectivity index (χ0v) is 24.0. The second kappa shape index (κ2) is 18.6. The molecule has 1 aliphatic rings. The van der Waals surface area contributed by atoms with Gasteiger partial charge in [-0.1, -0.05) is 55.5 Å². The number of allylic oxidation sites excluding steroid dienone is 3. The Morgan fingerprint density at radius 3 is 2.49 bits per heavy atom. The average molecular weight is 699 g/mol. The summed E-state index contributed by atoms with van der Waals surface area (Å²) in [4.78, 5) is 8.03. The van der Waals surface area contributed by atoms with Gasteiger partial charge in [0.1, 0.15) is 5.58 Å². The third kappa shape index (κ3) is 10.6. The predicted molar refractivity (Wildman–Crippen MR) is 159 cm³/mol. The van der Waals surface area contributed by atoms with Crippen molar-refractivity contribution in [3.8, 4) is 0 Å². The molecule has 6 rings (SSSR count). The number of furan rings is 1. The van der Waals surface area contributed by atoms with Crippen LogP contribution in [-0.4, -0.2) is 16.2 Å². The second-order valence-electron chi connectivity index (χ2n) is 8.29. The van der Waals surface area contributed by atoms with E-state index in [1.807, 2.05) is 48.7 Å². The molecule has 39 heavy (non-hydrogen) atoms. The number of aromatic nitrogens is 2. The topological polar surface area (TPSA) is 61.2 Å². The van der Waals surface area contributed by atoms with Gasteiger partial charge >= 0.3 is 20.1 Å². The van der Waals surface area contributed by atoms with Crippen LogP contribution in [-0.2, 0) is 20.1 Å². The summed E-state index contributed by atoms with van der Waals surface area (Å²) >= 11 is 0. The van der Waals surface area contributed by atoms with Crippen LogP contribution >= 0.6 is 0 Å². The predicted octanol–water partition coefficient (Wildman–Crippen LogP) is 9.07. The third-order valence-corrected chi connectivity index (χ3v) is 5.70. The zero-order valence-electron chi connectivity index (χ0n) is 27.6. The van der Waals surface area contributed by atoms with Crippen LogP contribution in [0.4, 0.5) is 0 Å². The number of nitrogens with zero attached hydrogens (tertiary/aromatic N) is 3. The van der Waals surface area contributed by atoms with Crippen LogP contribution in [0.2, 0.25) is 0 Å². The Balaban J connectivity index is 0.000000235. The molecule has 3 heterocycles. The molecule has 0 spiro atoms. The van der Waals surface area contributed by atoms with E-state index in [4.69, 9.17) is 18.1 Å². The summed E-state index contributed by atoms with van der Waals surface area (Å²) in [6.45, 7) is 0.837. The summed E-state index contributed by atoms with van der Waals surface area (Å²) in [5.41, 5.74) is 2.61. The molecule has 0 amide bonds.